The zero-order chi connectivity index (χ0) is 17.8. The van der Waals surface area contributed by atoms with Crippen molar-refractivity contribution in [1.82, 2.24) is 24.8 Å². The molecular weight excluding hydrogens is 322 g/mol. The number of carbonyl (C=O) groups is 1. The summed E-state index contributed by atoms with van der Waals surface area (Å²) in [6.07, 6.45) is 1.62. The van der Waals surface area contributed by atoms with Gasteiger partial charge in [-0.05, 0) is 26.9 Å². The molecule has 1 aromatic rings. The van der Waals surface area contributed by atoms with E-state index in [1.165, 1.54) is 0 Å². The molecule has 0 saturated carbocycles. The van der Waals surface area contributed by atoms with Crippen LogP contribution in [-0.2, 0) is 27.9 Å². The third-order valence-electron chi connectivity index (χ3n) is 5.00. The summed E-state index contributed by atoms with van der Waals surface area (Å²) in [5.74, 6) is 0.412. The largest absolute Gasteiger partial charge is 0.381 e. The second kappa shape index (κ2) is 8.25. The van der Waals surface area contributed by atoms with E-state index in [1.54, 1.807) is 0 Å². The van der Waals surface area contributed by atoms with Crippen molar-refractivity contribution in [2.45, 2.75) is 25.3 Å². The smallest absolute Gasteiger partial charge is 0.226 e. The van der Waals surface area contributed by atoms with Crippen molar-refractivity contribution < 1.29 is 14.3 Å². The zero-order valence-electron chi connectivity index (χ0n) is 15.5. The quantitative estimate of drug-likeness (QED) is 0.684. The van der Waals surface area contributed by atoms with Crippen LogP contribution in [0, 0.1) is 5.92 Å². The summed E-state index contributed by atoms with van der Waals surface area (Å²) in [5, 5.41) is 8.43. The molecule has 2 aliphatic rings. The third-order valence-corrected chi connectivity index (χ3v) is 5.00. The van der Waals surface area contributed by atoms with Crippen LogP contribution in [0.1, 0.15) is 30.1 Å². The lowest BCUT2D eigenvalue weighted by Crippen LogP contribution is -2.44. The molecule has 1 unspecified atom stereocenters. The van der Waals surface area contributed by atoms with Gasteiger partial charge in [0, 0.05) is 45.2 Å². The molecule has 8 heteroatoms. The van der Waals surface area contributed by atoms with Gasteiger partial charge in [-0.25, -0.2) is 0 Å². The second-order valence-electron chi connectivity index (χ2n) is 7.23. The Labute approximate surface area is 149 Å². The minimum atomic E-state index is 0.0716. The van der Waals surface area contributed by atoms with Crippen LogP contribution in [-0.4, -0.2) is 84.3 Å². The van der Waals surface area contributed by atoms with Crippen LogP contribution in [0.3, 0.4) is 0 Å². The Balaban J connectivity index is 1.66. The maximum atomic E-state index is 12.9. The summed E-state index contributed by atoms with van der Waals surface area (Å²) in [6, 6.07) is 0. The van der Waals surface area contributed by atoms with Gasteiger partial charge in [0.15, 0.2) is 0 Å². The number of amides is 1. The summed E-state index contributed by atoms with van der Waals surface area (Å²) in [4.78, 5) is 16.9. The standard InChI is InChI=1S/C17H29N5O3/c1-20(2)6-9-25-12-14-10-22(11-15-16(14)21(3)19-18-15)17(23)13-4-7-24-8-5-13/h13-14H,4-12H2,1-3H3. The summed E-state index contributed by atoms with van der Waals surface area (Å²) in [6.45, 7) is 4.72. The van der Waals surface area contributed by atoms with Crippen LogP contribution in [0.4, 0.5) is 0 Å². The van der Waals surface area contributed by atoms with Crippen molar-refractivity contribution in [2.24, 2.45) is 13.0 Å². The molecule has 1 amide bonds. The lowest BCUT2D eigenvalue weighted by Gasteiger charge is -2.35. The number of ether oxygens (including phenoxy) is 2. The van der Waals surface area contributed by atoms with Gasteiger partial charge < -0.3 is 19.3 Å². The van der Waals surface area contributed by atoms with Crippen molar-refractivity contribution in [2.75, 3.05) is 53.6 Å². The molecule has 140 valence electrons. The van der Waals surface area contributed by atoms with Gasteiger partial charge >= 0.3 is 0 Å². The van der Waals surface area contributed by atoms with Crippen LogP contribution in [0.5, 0.6) is 0 Å². The number of aromatic nitrogens is 3. The Bertz CT molecular complexity index is 583. The summed E-state index contributed by atoms with van der Waals surface area (Å²) in [5.41, 5.74) is 2.00. The molecular formula is C17H29N5O3. The molecule has 1 atom stereocenters. The number of hydrogen-bond donors (Lipinski definition) is 0. The first-order valence-electron chi connectivity index (χ1n) is 9.03. The van der Waals surface area contributed by atoms with E-state index in [1.807, 2.05) is 30.7 Å². The van der Waals surface area contributed by atoms with Crippen LogP contribution in [0.25, 0.3) is 0 Å². The molecule has 2 aliphatic heterocycles. The number of hydrogen-bond acceptors (Lipinski definition) is 6. The van der Waals surface area contributed by atoms with Crippen LogP contribution in [0.15, 0.2) is 0 Å². The fourth-order valence-corrected chi connectivity index (χ4v) is 3.59. The predicted octanol–water partition coefficient (Wildman–Crippen LogP) is 0.246. The number of fused-ring (bicyclic) bond motifs is 1. The zero-order valence-corrected chi connectivity index (χ0v) is 15.5. The Morgan fingerprint density at radius 2 is 2.12 bits per heavy atom. The first-order chi connectivity index (χ1) is 12.1. The highest BCUT2D eigenvalue weighted by molar-refractivity contribution is 5.79. The average molecular weight is 351 g/mol. The summed E-state index contributed by atoms with van der Waals surface area (Å²) in [7, 11) is 5.97. The highest BCUT2D eigenvalue weighted by Gasteiger charge is 2.35. The molecule has 0 spiro atoms. The highest BCUT2D eigenvalue weighted by Crippen LogP contribution is 2.29. The van der Waals surface area contributed by atoms with Crippen molar-refractivity contribution >= 4 is 5.91 Å². The molecule has 25 heavy (non-hydrogen) atoms. The van der Waals surface area contributed by atoms with Gasteiger partial charge in [0.25, 0.3) is 0 Å². The molecule has 0 bridgehead atoms. The molecule has 1 fully saturated rings. The fraction of sp³-hybridized carbons (Fsp3) is 0.824. The first-order valence-corrected chi connectivity index (χ1v) is 9.03. The fourth-order valence-electron chi connectivity index (χ4n) is 3.59. The maximum absolute atomic E-state index is 12.9. The van der Waals surface area contributed by atoms with Gasteiger partial charge in [-0.1, -0.05) is 5.21 Å². The van der Waals surface area contributed by atoms with E-state index >= 15 is 0 Å². The second-order valence-corrected chi connectivity index (χ2v) is 7.23. The van der Waals surface area contributed by atoms with Gasteiger partial charge in [0.1, 0.15) is 5.69 Å². The Kier molecular flexibility index (Phi) is 6.03. The van der Waals surface area contributed by atoms with Gasteiger partial charge in [-0.3, -0.25) is 9.48 Å². The number of aryl methyl sites for hydroxylation is 1. The highest BCUT2D eigenvalue weighted by atomic mass is 16.5. The van der Waals surface area contributed by atoms with Crippen molar-refractivity contribution in [3.05, 3.63) is 11.4 Å². The average Bonchev–Trinajstić information content (AvgIpc) is 2.99. The topological polar surface area (TPSA) is 72.7 Å². The first kappa shape index (κ1) is 18.3. The van der Waals surface area contributed by atoms with E-state index in [2.05, 4.69) is 15.2 Å². The summed E-state index contributed by atoms with van der Waals surface area (Å²) >= 11 is 0. The van der Waals surface area contributed by atoms with Crippen molar-refractivity contribution in [1.29, 1.82) is 0 Å². The van der Waals surface area contributed by atoms with Gasteiger partial charge in [0.2, 0.25) is 5.91 Å². The molecule has 1 saturated heterocycles. The van der Waals surface area contributed by atoms with E-state index in [-0.39, 0.29) is 17.7 Å². The molecule has 0 radical (unpaired) electrons. The van der Waals surface area contributed by atoms with Crippen LogP contribution in [0.2, 0.25) is 0 Å². The van der Waals surface area contributed by atoms with Crippen LogP contribution < -0.4 is 0 Å². The molecule has 0 aliphatic carbocycles. The van der Waals surface area contributed by atoms with E-state index < -0.39 is 0 Å². The third kappa shape index (κ3) is 4.37. The van der Waals surface area contributed by atoms with Gasteiger partial charge in [-0.15, -0.1) is 5.10 Å². The molecule has 3 rings (SSSR count). The Hall–Kier alpha value is -1.51. The minimum absolute atomic E-state index is 0.0716. The Morgan fingerprint density at radius 1 is 1.36 bits per heavy atom. The number of nitrogens with zero attached hydrogens (tertiary/aromatic N) is 5. The van der Waals surface area contributed by atoms with Crippen molar-refractivity contribution in [3.8, 4) is 0 Å². The summed E-state index contributed by atoms with van der Waals surface area (Å²) < 4.78 is 13.1. The molecule has 0 N–H and O–H groups in total. The van der Waals surface area contributed by atoms with E-state index in [4.69, 9.17) is 9.47 Å². The molecule has 1 aromatic heterocycles. The molecule has 0 aromatic carbocycles. The van der Waals surface area contributed by atoms with Gasteiger partial charge in [-0.2, -0.15) is 0 Å². The number of carbonyl (C=O) groups excluding carboxylic acids is 1. The van der Waals surface area contributed by atoms with E-state index in [0.717, 1.165) is 30.8 Å². The monoisotopic (exact) mass is 351 g/mol. The number of likely N-dealkylation sites (N-methyl/N-ethyl adjacent to an activating group) is 1. The lowest BCUT2D eigenvalue weighted by atomic mass is 9.94. The van der Waals surface area contributed by atoms with Crippen LogP contribution >= 0.6 is 0 Å². The predicted molar refractivity (Wildman–Crippen MR) is 92.1 cm³/mol. The van der Waals surface area contributed by atoms with Gasteiger partial charge in [0.05, 0.1) is 25.5 Å². The maximum Gasteiger partial charge on any atom is 0.226 e. The minimum Gasteiger partial charge on any atom is -0.381 e. The molecule has 8 nitrogen and oxygen atoms in total. The SMILES string of the molecule is CN(C)CCOCC1CN(C(=O)C2CCOCC2)Cc2nnn(C)c21. The van der Waals surface area contributed by atoms with Crippen molar-refractivity contribution in [3.63, 3.8) is 0 Å². The lowest BCUT2D eigenvalue weighted by molar-refractivity contribution is -0.140. The number of rotatable bonds is 6. The Morgan fingerprint density at radius 3 is 2.84 bits per heavy atom. The van der Waals surface area contributed by atoms with E-state index in [0.29, 0.717) is 39.5 Å². The van der Waals surface area contributed by atoms with E-state index in [9.17, 15) is 4.79 Å². The molecule has 3 heterocycles. The normalized spacial score (nSPS) is 21.6.